The van der Waals surface area contributed by atoms with Gasteiger partial charge in [0.2, 0.25) is 0 Å². The smallest absolute Gasteiger partial charge is 0.410 e. The van der Waals surface area contributed by atoms with Crippen LogP contribution in [0.15, 0.2) is 17.1 Å². The molecule has 0 radical (unpaired) electrons. The van der Waals surface area contributed by atoms with E-state index in [9.17, 15) is 4.79 Å². The van der Waals surface area contributed by atoms with E-state index in [0.29, 0.717) is 31.6 Å². The Kier molecular flexibility index (Phi) is 8.80. The topological polar surface area (TPSA) is 80.0 Å². The second-order valence-corrected chi connectivity index (χ2v) is 6.49. The van der Waals surface area contributed by atoms with Gasteiger partial charge in [0.15, 0.2) is 5.96 Å². The summed E-state index contributed by atoms with van der Waals surface area (Å²) < 4.78 is 5.42. The second-order valence-electron chi connectivity index (χ2n) is 6.49. The third-order valence-corrected chi connectivity index (χ3v) is 2.79. The zero-order valence-electron chi connectivity index (χ0n) is 14.0. The fraction of sp³-hybridized carbons (Fsp3) is 0.733. The summed E-state index contributed by atoms with van der Waals surface area (Å²) in [5, 5.41) is 3.01. The summed E-state index contributed by atoms with van der Waals surface area (Å²) in [6, 6.07) is 0.301. The third kappa shape index (κ3) is 9.11. The van der Waals surface area contributed by atoms with Crippen molar-refractivity contribution >= 4 is 36.0 Å². The highest BCUT2D eigenvalue weighted by molar-refractivity contribution is 14.0. The van der Waals surface area contributed by atoms with Crippen molar-refractivity contribution in [2.75, 3.05) is 19.6 Å². The van der Waals surface area contributed by atoms with Gasteiger partial charge in [0.25, 0.3) is 0 Å². The van der Waals surface area contributed by atoms with E-state index >= 15 is 0 Å². The average Bonchev–Trinajstić information content (AvgIpc) is 3.13. The van der Waals surface area contributed by atoms with E-state index in [1.807, 2.05) is 27.7 Å². The van der Waals surface area contributed by atoms with Gasteiger partial charge in [0.05, 0.1) is 6.54 Å². The number of aliphatic imine (C=N–C) groups is 1. The molecule has 0 aromatic carbocycles. The van der Waals surface area contributed by atoms with Crippen LogP contribution >= 0.6 is 24.0 Å². The number of nitrogens with two attached hydrogens (primary N) is 1. The van der Waals surface area contributed by atoms with Crippen molar-refractivity contribution in [3.63, 3.8) is 0 Å². The first kappa shape index (κ1) is 21.0. The number of hydrogen-bond acceptors (Lipinski definition) is 3. The highest BCUT2D eigenvalue weighted by Gasteiger charge is 2.34. The Morgan fingerprint density at radius 1 is 1.45 bits per heavy atom. The van der Waals surface area contributed by atoms with E-state index < -0.39 is 5.60 Å². The Bertz CT molecular complexity index is 414. The molecular weight excluding hydrogens is 395 g/mol. The van der Waals surface area contributed by atoms with E-state index in [1.165, 1.54) is 0 Å². The fourth-order valence-corrected chi connectivity index (χ4v) is 1.71. The molecule has 7 heteroatoms. The maximum absolute atomic E-state index is 12.1. The van der Waals surface area contributed by atoms with E-state index in [2.05, 4.69) is 16.9 Å². The lowest BCUT2D eigenvalue weighted by molar-refractivity contribution is 0.0238. The van der Waals surface area contributed by atoms with Crippen LogP contribution in [0.1, 0.15) is 40.5 Å². The van der Waals surface area contributed by atoms with Gasteiger partial charge in [-0.2, -0.15) is 0 Å². The van der Waals surface area contributed by atoms with Crippen molar-refractivity contribution in [3.8, 4) is 0 Å². The largest absolute Gasteiger partial charge is 0.444 e. The van der Waals surface area contributed by atoms with Crippen LogP contribution in [-0.4, -0.2) is 48.2 Å². The standard InChI is InChI=1S/C15H28N4O2.HI/c1-11(2)10-18-13(16)17-8-9-19(12-6-7-12)14(20)21-15(3,4)5;/h12H,1,6-10H2,2-5H3,(H3,16,17,18);1H. The number of ether oxygens (including phenoxy) is 1. The SMILES string of the molecule is C=C(C)CN=C(N)NCCN(C(=O)OC(C)(C)C)C1CC1.I. The number of hydrogen-bond donors (Lipinski definition) is 2. The van der Waals surface area contributed by atoms with Gasteiger partial charge in [0.1, 0.15) is 5.60 Å². The van der Waals surface area contributed by atoms with Crippen LogP contribution in [0.3, 0.4) is 0 Å². The lowest BCUT2D eigenvalue weighted by Crippen LogP contribution is -2.44. The minimum absolute atomic E-state index is 0. The molecule has 128 valence electrons. The fourth-order valence-electron chi connectivity index (χ4n) is 1.71. The Balaban J connectivity index is 0.00000441. The second kappa shape index (κ2) is 9.22. The Labute approximate surface area is 150 Å². The first-order valence-corrected chi connectivity index (χ1v) is 7.37. The number of carbonyl (C=O) groups is 1. The molecule has 0 atom stereocenters. The van der Waals surface area contributed by atoms with Crippen molar-refractivity contribution in [1.29, 1.82) is 0 Å². The van der Waals surface area contributed by atoms with Gasteiger partial charge >= 0.3 is 6.09 Å². The zero-order chi connectivity index (χ0) is 16.0. The molecule has 0 bridgehead atoms. The molecule has 0 heterocycles. The minimum atomic E-state index is -0.473. The first-order valence-electron chi connectivity index (χ1n) is 7.37. The lowest BCUT2D eigenvalue weighted by Gasteiger charge is -2.27. The molecule has 0 aromatic rings. The molecule has 0 spiro atoms. The molecule has 0 saturated heterocycles. The van der Waals surface area contributed by atoms with Gasteiger partial charge in [-0.05, 0) is 40.5 Å². The third-order valence-electron chi connectivity index (χ3n) is 2.79. The van der Waals surface area contributed by atoms with Crippen LogP contribution in [0.25, 0.3) is 0 Å². The number of guanidine groups is 1. The molecule has 0 aliphatic heterocycles. The van der Waals surface area contributed by atoms with Crippen LogP contribution in [0.5, 0.6) is 0 Å². The van der Waals surface area contributed by atoms with Crippen LogP contribution in [0.4, 0.5) is 4.79 Å². The zero-order valence-corrected chi connectivity index (χ0v) is 16.3. The molecule has 1 rings (SSSR count). The predicted octanol–water partition coefficient (Wildman–Crippen LogP) is 2.48. The molecule has 1 saturated carbocycles. The summed E-state index contributed by atoms with van der Waals surface area (Å²) in [4.78, 5) is 18.0. The first-order chi connectivity index (χ1) is 9.69. The summed E-state index contributed by atoms with van der Waals surface area (Å²) in [7, 11) is 0. The molecule has 1 fully saturated rings. The number of rotatable bonds is 6. The van der Waals surface area contributed by atoms with Crippen LogP contribution in [-0.2, 0) is 4.74 Å². The molecule has 1 aliphatic rings. The van der Waals surface area contributed by atoms with Crippen molar-refractivity contribution in [2.45, 2.75) is 52.2 Å². The summed E-state index contributed by atoms with van der Waals surface area (Å²) in [5.41, 5.74) is 6.22. The molecule has 1 aliphatic carbocycles. The van der Waals surface area contributed by atoms with Gasteiger partial charge < -0.3 is 20.7 Å². The van der Waals surface area contributed by atoms with Crippen molar-refractivity contribution < 1.29 is 9.53 Å². The van der Waals surface area contributed by atoms with Crippen LogP contribution in [0, 0.1) is 0 Å². The molecule has 0 aromatic heterocycles. The molecule has 1 amide bonds. The number of nitrogens with zero attached hydrogens (tertiary/aromatic N) is 2. The van der Waals surface area contributed by atoms with Gasteiger partial charge in [-0.1, -0.05) is 12.2 Å². The van der Waals surface area contributed by atoms with Crippen molar-refractivity contribution in [1.82, 2.24) is 10.2 Å². The quantitative estimate of drug-likeness (QED) is 0.297. The van der Waals surface area contributed by atoms with Gasteiger partial charge in [-0.3, -0.25) is 0 Å². The monoisotopic (exact) mass is 424 g/mol. The maximum atomic E-state index is 12.1. The summed E-state index contributed by atoms with van der Waals surface area (Å²) in [6.07, 6.45) is 1.82. The molecule has 3 N–H and O–H groups in total. The molecule has 0 unspecified atom stereocenters. The maximum Gasteiger partial charge on any atom is 0.410 e. The van der Waals surface area contributed by atoms with E-state index in [0.717, 1.165) is 18.4 Å². The average molecular weight is 424 g/mol. The van der Waals surface area contributed by atoms with Crippen molar-refractivity contribution in [3.05, 3.63) is 12.2 Å². The summed E-state index contributed by atoms with van der Waals surface area (Å²) in [5.74, 6) is 0.373. The molecule has 22 heavy (non-hydrogen) atoms. The number of amides is 1. The molecular formula is C15H29IN4O2. The summed E-state index contributed by atoms with van der Waals surface area (Å²) >= 11 is 0. The predicted molar refractivity (Wildman–Crippen MR) is 101 cm³/mol. The van der Waals surface area contributed by atoms with E-state index in [1.54, 1.807) is 4.90 Å². The molecule has 6 nitrogen and oxygen atoms in total. The van der Waals surface area contributed by atoms with Crippen LogP contribution in [0.2, 0.25) is 0 Å². The van der Waals surface area contributed by atoms with Gasteiger partial charge in [-0.15, -0.1) is 24.0 Å². The lowest BCUT2D eigenvalue weighted by atomic mass is 10.2. The van der Waals surface area contributed by atoms with E-state index in [4.69, 9.17) is 10.5 Å². The highest BCUT2D eigenvalue weighted by Crippen LogP contribution is 2.27. The number of nitrogens with one attached hydrogen (secondary N) is 1. The normalized spacial score (nSPS) is 14.8. The highest BCUT2D eigenvalue weighted by atomic mass is 127. The number of carbonyl (C=O) groups excluding carboxylic acids is 1. The number of halogens is 1. The van der Waals surface area contributed by atoms with Gasteiger partial charge in [-0.25, -0.2) is 9.79 Å². The summed E-state index contributed by atoms with van der Waals surface area (Å²) in [6.45, 7) is 12.9. The van der Waals surface area contributed by atoms with Crippen molar-refractivity contribution in [2.24, 2.45) is 10.7 Å². The minimum Gasteiger partial charge on any atom is -0.444 e. The Hall–Kier alpha value is -0.990. The van der Waals surface area contributed by atoms with Gasteiger partial charge in [0, 0.05) is 19.1 Å². The Morgan fingerprint density at radius 2 is 2.05 bits per heavy atom. The van der Waals surface area contributed by atoms with Crippen LogP contribution < -0.4 is 11.1 Å². The van der Waals surface area contributed by atoms with E-state index in [-0.39, 0.29) is 30.1 Å². The Morgan fingerprint density at radius 3 is 2.50 bits per heavy atom.